The van der Waals surface area contributed by atoms with Crippen LogP contribution >= 0.6 is 0 Å². The van der Waals surface area contributed by atoms with E-state index in [0.717, 1.165) is 34.5 Å². The molecule has 148 valence electrons. The molecule has 1 N–H and O–H groups in total. The van der Waals surface area contributed by atoms with Crippen molar-refractivity contribution in [2.75, 3.05) is 13.4 Å². The lowest BCUT2D eigenvalue weighted by molar-refractivity contribution is 0.413. The van der Waals surface area contributed by atoms with Crippen LogP contribution in [0.1, 0.15) is 49.3 Å². The van der Waals surface area contributed by atoms with E-state index in [1.54, 1.807) is 25.4 Å². The van der Waals surface area contributed by atoms with Gasteiger partial charge in [0.15, 0.2) is 9.84 Å². The number of ether oxygens (including phenoxy) is 1. The van der Waals surface area contributed by atoms with Crippen molar-refractivity contribution in [1.29, 1.82) is 0 Å². The van der Waals surface area contributed by atoms with E-state index < -0.39 is 9.84 Å². The predicted octanol–water partition coefficient (Wildman–Crippen LogP) is 4.69. The van der Waals surface area contributed by atoms with Crippen molar-refractivity contribution >= 4 is 20.9 Å². The van der Waals surface area contributed by atoms with E-state index in [2.05, 4.69) is 16.0 Å². The molecule has 2 heterocycles. The van der Waals surface area contributed by atoms with Crippen molar-refractivity contribution in [3.63, 3.8) is 0 Å². The van der Waals surface area contributed by atoms with Gasteiger partial charge in [0.25, 0.3) is 0 Å². The zero-order chi connectivity index (χ0) is 19.7. The number of nitrogens with one attached hydrogen (secondary N) is 1. The van der Waals surface area contributed by atoms with Gasteiger partial charge in [0.1, 0.15) is 11.4 Å². The zero-order valence-corrected chi connectivity index (χ0v) is 17.1. The van der Waals surface area contributed by atoms with Crippen LogP contribution in [0.4, 0.5) is 0 Å². The fourth-order valence-corrected chi connectivity index (χ4v) is 4.92. The first-order valence-electron chi connectivity index (χ1n) is 9.76. The van der Waals surface area contributed by atoms with Crippen molar-refractivity contribution in [3.05, 3.63) is 53.9 Å². The summed E-state index contributed by atoms with van der Waals surface area (Å²) in [5.74, 6) is 1.63. The third kappa shape index (κ3) is 3.92. The van der Waals surface area contributed by atoms with Crippen LogP contribution < -0.4 is 4.74 Å². The lowest BCUT2D eigenvalue weighted by Gasteiger charge is -2.20. The number of hydrogen-bond donors (Lipinski definition) is 1. The van der Waals surface area contributed by atoms with E-state index in [1.165, 1.54) is 31.9 Å². The van der Waals surface area contributed by atoms with Crippen LogP contribution in [0.25, 0.3) is 11.0 Å². The fraction of sp³-hybridized carbons (Fsp3) is 0.409. The molecule has 3 aromatic rings. The molecule has 1 aromatic carbocycles. The standard InChI is InChI=1S/C22H26N2O3S/c1-27-18-12-17-13-21(24-22(17)23-14-18)20(11-15-5-3-4-6-15)16-7-9-19(10-8-16)28(2,25)26/h7-10,12-15,20H,3-6,11H2,1-2H3,(H,23,24). The normalized spacial score (nSPS) is 16.5. The molecular formula is C22H26N2O3S. The predicted molar refractivity (Wildman–Crippen MR) is 111 cm³/mol. The molecule has 0 aliphatic heterocycles. The minimum atomic E-state index is -3.19. The van der Waals surface area contributed by atoms with E-state index in [9.17, 15) is 8.42 Å². The Bertz CT molecular complexity index is 1060. The number of aromatic nitrogens is 2. The molecular weight excluding hydrogens is 372 g/mol. The number of hydrogen-bond acceptors (Lipinski definition) is 4. The van der Waals surface area contributed by atoms with Crippen molar-refractivity contribution < 1.29 is 13.2 Å². The third-order valence-electron chi connectivity index (χ3n) is 5.83. The molecule has 0 spiro atoms. The van der Waals surface area contributed by atoms with Gasteiger partial charge in [-0.15, -0.1) is 0 Å². The SMILES string of the molecule is COc1cnc2[nH]c(C(CC3CCCC3)c3ccc(S(C)(=O)=O)cc3)cc2c1. The summed E-state index contributed by atoms with van der Waals surface area (Å²) in [4.78, 5) is 8.31. The Morgan fingerprint density at radius 1 is 1.18 bits per heavy atom. The first kappa shape index (κ1) is 19.0. The van der Waals surface area contributed by atoms with Crippen LogP contribution in [0.2, 0.25) is 0 Å². The summed E-state index contributed by atoms with van der Waals surface area (Å²) in [6.45, 7) is 0. The van der Waals surface area contributed by atoms with Gasteiger partial charge in [-0.05, 0) is 42.2 Å². The molecule has 5 nitrogen and oxygen atoms in total. The van der Waals surface area contributed by atoms with Crippen LogP contribution in [0.5, 0.6) is 5.75 Å². The average Bonchev–Trinajstić information content (AvgIpc) is 3.34. The Morgan fingerprint density at radius 3 is 2.54 bits per heavy atom. The smallest absolute Gasteiger partial charge is 0.175 e. The van der Waals surface area contributed by atoms with Crippen molar-refractivity contribution in [3.8, 4) is 5.75 Å². The maximum atomic E-state index is 11.8. The van der Waals surface area contributed by atoms with Crippen molar-refractivity contribution in [2.45, 2.75) is 42.9 Å². The van der Waals surface area contributed by atoms with E-state index in [4.69, 9.17) is 4.74 Å². The summed E-state index contributed by atoms with van der Waals surface area (Å²) in [5.41, 5.74) is 3.10. The summed E-state index contributed by atoms with van der Waals surface area (Å²) in [5, 5.41) is 1.03. The van der Waals surface area contributed by atoms with Crippen LogP contribution in [-0.2, 0) is 9.84 Å². The summed E-state index contributed by atoms with van der Waals surface area (Å²) >= 11 is 0. The van der Waals surface area contributed by atoms with E-state index in [-0.39, 0.29) is 5.92 Å². The molecule has 1 aliphatic carbocycles. The molecule has 2 aromatic heterocycles. The van der Waals surface area contributed by atoms with Crippen LogP contribution in [-0.4, -0.2) is 31.8 Å². The zero-order valence-electron chi connectivity index (χ0n) is 16.3. The third-order valence-corrected chi connectivity index (χ3v) is 6.96. The molecule has 1 atom stereocenters. The molecule has 0 amide bonds. The Labute approximate surface area is 166 Å². The molecule has 0 bridgehead atoms. The monoisotopic (exact) mass is 398 g/mol. The van der Waals surface area contributed by atoms with Crippen LogP contribution in [0.15, 0.2) is 47.5 Å². The first-order valence-corrected chi connectivity index (χ1v) is 11.7. The number of nitrogens with zero attached hydrogens (tertiary/aromatic N) is 1. The number of rotatable bonds is 6. The summed E-state index contributed by atoms with van der Waals surface area (Å²) in [6.07, 6.45) is 9.16. The minimum absolute atomic E-state index is 0.192. The second-order valence-corrected chi connectivity index (χ2v) is 9.83. The summed E-state index contributed by atoms with van der Waals surface area (Å²) < 4.78 is 28.9. The Balaban J connectivity index is 1.72. The molecule has 0 saturated heterocycles. The van der Waals surface area contributed by atoms with Crippen LogP contribution in [0.3, 0.4) is 0 Å². The number of H-pyrrole nitrogens is 1. The molecule has 1 aliphatic rings. The highest BCUT2D eigenvalue weighted by molar-refractivity contribution is 7.90. The van der Waals surface area contributed by atoms with E-state index >= 15 is 0 Å². The lowest BCUT2D eigenvalue weighted by Crippen LogP contribution is -2.08. The number of sulfone groups is 1. The average molecular weight is 399 g/mol. The van der Waals surface area contributed by atoms with Gasteiger partial charge in [-0.1, -0.05) is 37.8 Å². The van der Waals surface area contributed by atoms with Gasteiger partial charge in [-0.25, -0.2) is 13.4 Å². The van der Waals surface area contributed by atoms with Gasteiger partial charge >= 0.3 is 0 Å². The lowest BCUT2D eigenvalue weighted by atomic mass is 9.85. The number of fused-ring (bicyclic) bond motifs is 1. The number of aromatic amines is 1. The molecule has 4 rings (SSSR count). The molecule has 0 radical (unpaired) electrons. The van der Waals surface area contributed by atoms with Gasteiger partial charge in [-0.2, -0.15) is 0 Å². The van der Waals surface area contributed by atoms with Crippen LogP contribution in [0, 0.1) is 5.92 Å². The number of pyridine rings is 1. The highest BCUT2D eigenvalue weighted by atomic mass is 32.2. The van der Waals surface area contributed by atoms with Gasteiger partial charge in [0, 0.05) is 23.3 Å². The van der Waals surface area contributed by atoms with Crippen molar-refractivity contribution in [2.24, 2.45) is 5.92 Å². The molecule has 28 heavy (non-hydrogen) atoms. The molecule has 1 fully saturated rings. The van der Waals surface area contributed by atoms with E-state index in [1.807, 2.05) is 18.2 Å². The van der Waals surface area contributed by atoms with Gasteiger partial charge in [-0.3, -0.25) is 0 Å². The molecule has 1 unspecified atom stereocenters. The van der Waals surface area contributed by atoms with Crippen molar-refractivity contribution in [1.82, 2.24) is 9.97 Å². The summed E-state index contributed by atoms with van der Waals surface area (Å²) in [7, 11) is -1.55. The second kappa shape index (κ2) is 7.59. The maximum Gasteiger partial charge on any atom is 0.175 e. The van der Waals surface area contributed by atoms with Gasteiger partial charge < -0.3 is 9.72 Å². The fourth-order valence-electron chi connectivity index (χ4n) is 4.29. The topological polar surface area (TPSA) is 72.0 Å². The number of methoxy groups -OCH3 is 1. The quantitative estimate of drug-likeness (QED) is 0.654. The highest BCUT2D eigenvalue weighted by Crippen LogP contribution is 2.38. The highest BCUT2D eigenvalue weighted by Gasteiger charge is 2.24. The Hall–Kier alpha value is -2.34. The largest absolute Gasteiger partial charge is 0.495 e. The minimum Gasteiger partial charge on any atom is -0.495 e. The molecule has 6 heteroatoms. The van der Waals surface area contributed by atoms with E-state index in [0.29, 0.717) is 10.8 Å². The Kier molecular flexibility index (Phi) is 5.15. The Morgan fingerprint density at radius 2 is 1.89 bits per heavy atom. The summed E-state index contributed by atoms with van der Waals surface area (Å²) in [6, 6.07) is 11.5. The second-order valence-electron chi connectivity index (χ2n) is 7.82. The number of benzene rings is 1. The molecule has 1 saturated carbocycles. The van der Waals surface area contributed by atoms with Gasteiger partial charge in [0.05, 0.1) is 18.2 Å². The van der Waals surface area contributed by atoms with Gasteiger partial charge in [0.2, 0.25) is 0 Å². The maximum absolute atomic E-state index is 11.8. The first-order chi connectivity index (χ1) is 13.4.